The largest absolute Gasteiger partial charge is 0.388 e. The van der Waals surface area contributed by atoms with Gasteiger partial charge in [0.2, 0.25) is 5.91 Å². The molecule has 0 aromatic heterocycles. The molecule has 0 aliphatic heterocycles. The predicted octanol–water partition coefficient (Wildman–Crippen LogP) is 1.70. The topological polar surface area (TPSA) is 49.3 Å². The van der Waals surface area contributed by atoms with E-state index >= 15 is 0 Å². The fraction of sp³-hybridized carbons (Fsp3) is 0.909. The number of carbonyl (C=O) groups excluding carboxylic acids is 1. The minimum atomic E-state index is -0.733. The maximum absolute atomic E-state index is 11.4. The predicted molar refractivity (Wildman–Crippen MR) is 58.0 cm³/mol. The van der Waals surface area contributed by atoms with Crippen molar-refractivity contribution in [1.82, 2.24) is 5.32 Å². The van der Waals surface area contributed by atoms with E-state index in [4.69, 9.17) is 0 Å². The maximum atomic E-state index is 11.4. The summed E-state index contributed by atoms with van der Waals surface area (Å²) in [5.74, 6) is 0.0702. The fourth-order valence-electron chi connectivity index (χ4n) is 1.11. The van der Waals surface area contributed by atoms with Gasteiger partial charge >= 0.3 is 0 Å². The number of nitrogens with one attached hydrogen (secondary N) is 1. The average molecular weight is 201 g/mol. The van der Waals surface area contributed by atoms with Crippen LogP contribution >= 0.6 is 0 Å². The fourth-order valence-corrected chi connectivity index (χ4v) is 1.11. The van der Waals surface area contributed by atoms with Crippen molar-refractivity contribution in [3.63, 3.8) is 0 Å². The van der Waals surface area contributed by atoms with Gasteiger partial charge in [0.15, 0.2) is 0 Å². The van der Waals surface area contributed by atoms with Gasteiger partial charge in [-0.15, -0.1) is 0 Å². The van der Waals surface area contributed by atoms with Crippen LogP contribution in [0.4, 0.5) is 0 Å². The third kappa shape index (κ3) is 4.09. The van der Waals surface area contributed by atoms with Gasteiger partial charge in [-0.1, -0.05) is 27.7 Å². The molecule has 0 bridgehead atoms. The van der Waals surface area contributed by atoms with E-state index in [0.29, 0.717) is 19.4 Å². The van der Waals surface area contributed by atoms with Crippen molar-refractivity contribution in [2.75, 3.05) is 6.54 Å². The molecule has 3 heteroatoms. The van der Waals surface area contributed by atoms with Gasteiger partial charge in [-0.2, -0.15) is 0 Å². The number of hydrogen-bond acceptors (Lipinski definition) is 2. The number of aliphatic hydroxyl groups is 1. The Labute approximate surface area is 86.9 Å². The average Bonchev–Trinajstić information content (AvgIpc) is 2.24. The standard InChI is InChI=1S/C11H23NO2/c1-5-9(4)10(13)12-8-11(14,6-2)7-3/h9,14H,5-8H2,1-4H3,(H,12,13). The van der Waals surface area contributed by atoms with Crippen molar-refractivity contribution >= 4 is 5.91 Å². The molecule has 0 radical (unpaired) electrons. The van der Waals surface area contributed by atoms with Crippen LogP contribution in [-0.4, -0.2) is 23.2 Å². The molecule has 0 rings (SSSR count). The molecule has 0 saturated heterocycles. The molecule has 14 heavy (non-hydrogen) atoms. The van der Waals surface area contributed by atoms with Gasteiger partial charge in [-0.3, -0.25) is 4.79 Å². The Hall–Kier alpha value is -0.570. The number of amides is 1. The van der Waals surface area contributed by atoms with Crippen LogP contribution in [0.2, 0.25) is 0 Å². The normalized spacial score (nSPS) is 13.8. The Morgan fingerprint density at radius 1 is 1.36 bits per heavy atom. The van der Waals surface area contributed by atoms with Crippen LogP contribution in [0.5, 0.6) is 0 Å². The van der Waals surface area contributed by atoms with E-state index in [1.165, 1.54) is 0 Å². The van der Waals surface area contributed by atoms with Crippen LogP contribution in [-0.2, 0) is 4.79 Å². The van der Waals surface area contributed by atoms with E-state index < -0.39 is 5.60 Å². The molecule has 0 aliphatic rings. The molecule has 0 saturated carbocycles. The van der Waals surface area contributed by atoms with Crippen molar-refractivity contribution in [2.45, 2.75) is 52.6 Å². The minimum absolute atomic E-state index is 0.0350. The third-order valence-corrected chi connectivity index (χ3v) is 2.97. The second-order valence-corrected chi connectivity index (χ2v) is 3.96. The van der Waals surface area contributed by atoms with Gasteiger partial charge in [-0.25, -0.2) is 0 Å². The number of hydrogen-bond donors (Lipinski definition) is 2. The van der Waals surface area contributed by atoms with E-state index in [-0.39, 0.29) is 11.8 Å². The first kappa shape index (κ1) is 13.4. The first-order chi connectivity index (χ1) is 6.49. The van der Waals surface area contributed by atoms with Crippen LogP contribution in [0.15, 0.2) is 0 Å². The van der Waals surface area contributed by atoms with Gasteiger partial charge in [0.05, 0.1) is 5.60 Å². The highest BCUT2D eigenvalue weighted by Gasteiger charge is 2.23. The smallest absolute Gasteiger partial charge is 0.222 e. The van der Waals surface area contributed by atoms with Gasteiger partial charge in [0, 0.05) is 12.5 Å². The Bertz CT molecular complexity index is 176. The monoisotopic (exact) mass is 201 g/mol. The zero-order chi connectivity index (χ0) is 11.2. The molecular formula is C11H23NO2. The lowest BCUT2D eigenvalue weighted by atomic mass is 9.97. The molecule has 1 atom stereocenters. The lowest BCUT2D eigenvalue weighted by Gasteiger charge is -2.26. The van der Waals surface area contributed by atoms with Crippen LogP contribution in [0.25, 0.3) is 0 Å². The summed E-state index contributed by atoms with van der Waals surface area (Å²) in [7, 11) is 0. The summed E-state index contributed by atoms with van der Waals surface area (Å²) in [6.07, 6.45) is 2.18. The molecule has 0 aliphatic carbocycles. The van der Waals surface area contributed by atoms with Gasteiger partial charge < -0.3 is 10.4 Å². The first-order valence-corrected chi connectivity index (χ1v) is 5.49. The Morgan fingerprint density at radius 3 is 2.21 bits per heavy atom. The summed E-state index contributed by atoms with van der Waals surface area (Å²) in [6, 6.07) is 0. The SMILES string of the molecule is CCC(C)C(=O)NCC(O)(CC)CC. The molecule has 0 aromatic carbocycles. The molecular weight excluding hydrogens is 178 g/mol. The van der Waals surface area contributed by atoms with E-state index in [1.807, 2.05) is 27.7 Å². The molecule has 0 spiro atoms. The summed E-state index contributed by atoms with van der Waals surface area (Å²) in [5.41, 5.74) is -0.733. The summed E-state index contributed by atoms with van der Waals surface area (Å²) in [5, 5.41) is 12.7. The van der Waals surface area contributed by atoms with Crippen LogP contribution < -0.4 is 5.32 Å². The first-order valence-electron chi connectivity index (χ1n) is 5.49. The second kappa shape index (κ2) is 6.02. The van der Waals surface area contributed by atoms with Crippen LogP contribution in [0, 0.1) is 5.92 Å². The van der Waals surface area contributed by atoms with Gasteiger partial charge in [0.1, 0.15) is 0 Å². The molecule has 1 unspecified atom stereocenters. The molecule has 3 nitrogen and oxygen atoms in total. The van der Waals surface area contributed by atoms with E-state index in [0.717, 1.165) is 6.42 Å². The number of rotatable bonds is 6. The molecule has 0 aromatic rings. The van der Waals surface area contributed by atoms with Crippen molar-refractivity contribution in [3.8, 4) is 0 Å². The van der Waals surface area contributed by atoms with Gasteiger partial charge in [-0.05, 0) is 19.3 Å². The van der Waals surface area contributed by atoms with E-state index in [1.54, 1.807) is 0 Å². The summed E-state index contributed by atoms with van der Waals surface area (Å²) in [4.78, 5) is 11.4. The highest BCUT2D eigenvalue weighted by molar-refractivity contribution is 5.78. The van der Waals surface area contributed by atoms with Gasteiger partial charge in [0.25, 0.3) is 0 Å². The molecule has 0 fully saturated rings. The van der Waals surface area contributed by atoms with Crippen LogP contribution in [0.1, 0.15) is 47.0 Å². The van der Waals surface area contributed by atoms with Crippen molar-refractivity contribution < 1.29 is 9.90 Å². The van der Waals surface area contributed by atoms with Crippen LogP contribution in [0.3, 0.4) is 0 Å². The third-order valence-electron chi connectivity index (χ3n) is 2.97. The van der Waals surface area contributed by atoms with Crippen molar-refractivity contribution in [2.24, 2.45) is 5.92 Å². The molecule has 1 amide bonds. The molecule has 0 heterocycles. The molecule has 84 valence electrons. The quantitative estimate of drug-likeness (QED) is 0.687. The maximum Gasteiger partial charge on any atom is 0.222 e. The van der Waals surface area contributed by atoms with E-state index in [2.05, 4.69) is 5.32 Å². The minimum Gasteiger partial charge on any atom is -0.388 e. The zero-order valence-electron chi connectivity index (χ0n) is 9.76. The summed E-state index contributed by atoms with van der Waals surface area (Å²) < 4.78 is 0. The number of carbonyl (C=O) groups is 1. The lowest BCUT2D eigenvalue weighted by molar-refractivity contribution is -0.125. The zero-order valence-corrected chi connectivity index (χ0v) is 9.76. The summed E-state index contributed by atoms with van der Waals surface area (Å²) >= 11 is 0. The Balaban J connectivity index is 3.98. The summed E-state index contributed by atoms with van der Waals surface area (Å²) in [6.45, 7) is 8.10. The second-order valence-electron chi connectivity index (χ2n) is 3.96. The Kier molecular flexibility index (Phi) is 5.77. The Morgan fingerprint density at radius 2 is 1.86 bits per heavy atom. The highest BCUT2D eigenvalue weighted by Crippen LogP contribution is 2.13. The highest BCUT2D eigenvalue weighted by atomic mass is 16.3. The lowest BCUT2D eigenvalue weighted by Crippen LogP contribution is -2.43. The molecule has 2 N–H and O–H groups in total. The van der Waals surface area contributed by atoms with Crippen molar-refractivity contribution in [1.29, 1.82) is 0 Å². The van der Waals surface area contributed by atoms with Crippen molar-refractivity contribution in [3.05, 3.63) is 0 Å². The van der Waals surface area contributed by atoms with E-state index in [9.17, 15) is 9.90 Å².